The minimum atomic E-state index is 0.135. The number of para-hydroxylation sites is 1. The Hall–Kier alpha value is -2.93. The fourth-order valence-corrected chi connectivity index (χ4v) is 3.15. The summed E-state index contributed by atoms with van der Waals surface area (Å²) in [6, 6.07) is 16.0. The number of benzene rings is 2. The van der Waals surface area contributed by atoms with Crippen molar-refractivity contribution >= 4 is 5.96 Å². The van der Waals surface area contributed by atoms with Crippen LogP contribution in [0.15, 0.2) is 53.5 Å². The normalized spacial score (nSPS) is 12.4. The molecule has 0 aliphatic heterocycles. The van der Waals surface area contributed by atoms with Gasteiger partial charge in [0.1, 0.15) is 12.4 Å². The second-order valence-corrected chi connectivity index (χ2v) is 7.11. The summed E-state index contributed by atoms with van der Waals surface area (Å²) >= 11 is 0. The number of guanidine groups is 1. The molecule has 0 fully saturated rings. The summed E-state index contributed by atoms with van der Waals surface area (Å²) in [7, 11) is 11.2. The van der Waals surface area contributed by atoms with Crippen LogP contribution in [0.5, 0.6) is 17.2 Å². The first-order chi connectivity index (χ1) is 14.5. The van der Waals surface area contributed by atoms with E-state index in [0.717, 1.165) is 35.3 Å². The molecule has 7 heteroatoms. The van der Waals surface area contributed by atoms with Gasteiger partial charge >= 0.3 is 0 Å². The van der Waals surface area contributed by atoms with Gasteiger partial charge in [-0.05, 0) is 43.9 Å². The minimum absolute atomic E-state index is 0.135. The van der Waals surface area contributed by atoms with Crippen molar-refractivity contribution in [1.29, 1.82) is 0 Å². The molecule has 0 heterocycles. The third-order valence-corrected chi connectivity index (χ3v) is 4.88. The van der Waals surface area contributed by atoms with Crippen LogP contribution in [0.1, 0.15) is 11.6 Å². The standard InChI is InChI=1S/C23H34N4O3/c1-24-23(27(4)14-15-30-19-10-8-7-9-11-19)25-17-20(26(2)3)18-12-13-21(28-5)22(16-18)29-6/h7-13,16,20H,14-15,17H2,1-6H3,(H,24,25). The molecule has 1 unspecified atom stereocenters. The average Bonchev–Trinajstić information content (AvgIpc) is 2.76. The van der Waals surface area contributed by atoms with Crippen LogP contribution in [-0.2, 0) is 0 Å². The fraction of sp³-hybridized carbons (Fsp3) is 0.435. The lowest BCUT2D eigenvalue weighted by molar-refractivity contribution is 0.274. The quantitative estimate of drug-likeness (QED) is 0.477. The molecule has 0 spiro atoms. The summed E-state index contributed by atoms with van der Waals surface area (Å²) < 4.78 is 16.6. The second kappa shape index (κ2) is 11.9. The molecule has 0 aliphatic rings. The largest absolute Gasteiger partial charge is 0.493 e. The first kappa shape index (κ1) is 23.3. The smallest absolute Gasteiger partial charge is 0.193 e. The Morgan fingerprint density at radius 1 is 1.00 bits per heavy atom. The molecule has 2 aromatic rings. The number of nitrogens with zero attached hydrogens (tertiary/aromatic N) is 3. The molecule has 0 amide bonds. The molecule has 2 aromatic carbocycles. The zero-order valence-corrected chi connectivity index (χ0v) is 18.9. The maximum atomic E-state index is 5.79. The van der Waals surface area contributed by atoms with E-state index in [1.165, 1.54) is 0 Å². The molecule has 0 radical (unpaired) electrons. The Kier molecular flexibility index (Phi) is 9.28. The van der Waals surface area contributed by atoms with Crippen molar-refractivity contribution in [3.8, 4) is 17.2 Å². The van der Waals surface area contributed by atoms with Crippen molar-refractivity contribution < 1.29 is 14.2 Å². The molecular formula is C23H34N4O3. The lowest BCUT2D eigenvalue weighted by atomic mass is 10.1. The van der Waals surface area contributed by atoms with E-state index in [9.17, 15) is 0 Å². The second-order valence-electron chi connectivity index (χ2n) is 7.11. The number of hydrogen-bond acceptors (Lipinski definition) is 5. The van der Waals surface area contributed by atoms with Crippen molar-refractivity contribution in [3.05, 3.63) is 54.1 Å². The van der Waals surface area contributed by atoms with Gasteiger partial charge in [0.15, 0.2) is 17.5 Å². The predicted molar refractivity (Wildman–Crippen MR) is 122 cm³/mol. The maximum Gasteiger partial charge on any atom is 0.193 e. The lowest BCUT2D eigenvalue weighted by Gasteiger charge is -2.28. The first-order valence-electron chi connectivity index (χ1n) is 9.98. The molecular weight excluding hydrogens is 380 g/mol. The highest BCUT2D eigenvalue weighted by Crippen LogP contribution is 2.31. The fourth-order valence-electron chi connectivity index (χ4n) is 3.15. The van der Waals surface area contributed by atoms with E-state index >= 15 is 0 Å². The van der Waals surface area contributed by atoms with Crippen LogP contribution in [-0.4, -0.2) is 77.9 Å². The number of aliphatic imine (C=N–C) groups is 1. The van der Waals surface area contributed by atoms with Crippen molar-refractivity contribution in [3.63, 3.8) is 0 Å². The molecule has 2 rings (SSSR count). The van der Waals surface area contributed by atoms with Crippen molar-refractivity contribution in [2.75, 3.05) is 62.1 Å². The molecule has 0 bridgehead atoms. The van der Waals surface area contributed by atoms with Crippen LogP contribution in [0.3, 0.4) is 0 Å². The number of hydrogen-bond donors (Lipinski definition) is 1. The Labute approximate surface area is 180 Å². The number of rotatable bonds is 10. The monoisotopic (exact) mass is 414 g/mol. The average molecular weight is 415 g/mol. The van der Waals surface area contributed by atoms with Gasteiger partial charge in [0.25, 0.3) is 0 Å². The highest BCUT2D eigenvalue weighted by atomic mass is 16.5. The Morgan fingerprint density at radius 2 is 1.70 bits per heavy atom. The van der Waals surface area contributed by atoms with Gasteiger partial charge in [-0.25, -0.2) is 0 Å². The molecule has 0 aromatic heterocycles. The summed E-state index contributed by atoms with van der Waals surface area (Å²) in [5.41, 5.74) is 1.13. The van der Waals surface area contributed by atoms with Crippen LogP contribution in [0.2, 0.25) is 0 Å². The third kappa shape index (κ3) is 6.56. The molecule has 30 heavy (non-hydrogen) atoms. The van der Waals surface area contributed by atoms with Gasteiger partial charge in [0, 0.05) is 20.6 Å². The van der Waals surface area contributed by atoms with E-state index in [-0.39, 0.29) is 6.04 Å². The van der Waals surface area contributed by atoms with Crippen molar-refractivity contribution in [1.82, 2.24) is 15.1 Å². The number of nitrogens with one attached hydrogen (secondary N) is 1. The Bertz CT molecular complexity index is 796. The highest BCUT2D eigenvalue weighted by Gasteiger charge is 2.18. The summed E-state index contributed by atoms with van der Waals surface area (Å²) in [6.45, 7) is 1.99. The van der Waals surface area contributed by atoms with Gasteiger partial charge < -0.3 is 29.3 Å². The van der Waals surface area contributed by atoms with Crippen LogP contribution < -0.4 is 19.5 Å². The van der Waals surface area contributed by atoms with Gasteiger partial charge in [-0.2, -0.15) is 0 Å². The van der Waals surface area contributed by atoms with E-state index in [2.05, 4.69) is 40.3 Å². The van der Waals surface area contributed by atoms with Gasteiger partial charge in [-0.1, -0.05) is 24.3 Å². The summed E-state index contributed by atoms with van der Waals surface area (Å²) in [4.78, 5) is 8.64. The summed E-state index contributed by atoms with van der Waals surface area (Å²) in [5, 5.41) is 3.47. The molecule has 7 nitrogen and oxygen atoms in total. The summed E-state index contributed by atoms with van der Waals surface area (Å²) in [6.07, 6.45) is 0. The Morgan fingerprint density at radius 3 is 2.30 bits per heavy atom. The highest BCUT2D eigenvalue weighted by molar-refractivity contribution is 5.79. The van der Waals surface area contributed by atoms with Gasteiger partial charge in [-0.15, -0.1) is 0 Å². The number of likely N-dealkylation sites (N-methyl/N-ethyl adjacent to an activating group) is 2. The third-order valence-electron chi connectivity index (χ3n) is 4.88. The van der Waals surface area contributed by atoms with Gasteiger partial charge in [0.2, 0.25) is 0 Å². The minimum Gasteiger partial charge on any atom is -0.493 e. The van der Waals surface area contributed by atoms with E-state index < -0.39 is 0 Å². The van der Waals surface area contributed by atoms with Gasteiger partial charge in [0.05, 0.1) is 26.8 Å². The van der Waals surface area contributed by atoms with Crippen LogP contribution in [0.25, 0.3) is 0 Å². The number of ether oxygens (including phenoxy) is 3. The van der Waals surface area contributed by atoms with E-state index in [1.807, 2.05) is 49.5 Å². The zero-order valence-electron chi connectivity index (χ0n) is 18.9. The molecule has 0 saturated carbocycles. The molecule has 164 valence electrons. The Balaban J connectivity index is 1.96. The molecule has 1 atom stereocenters. The maximum absolute atomic E-state index is 5.79. The van der Waals surface area contributed by atoms with Crippen molar-refractivity contribution in [2.24, 2.45) is 4.99 Å². The number of methoxy groups -OCH3 is 2. The van der Waals surface area contributed by atoms with Crippen LogP contribution >= 0.6 is 0 Å². The molecule has 1 N–H and O–H groups in total. The van der Waals surface area contributed by atoms with E-state index in [0.29, 0.717) is 13.2 Å². The topological polar surface area (TPSA) is 58.6 Å². The van der Waals surface area contributed by atoms with Crippen LogP contribution in [0.4, 0.5) is 0 Å². The van der Waals surface area contributed by atoms with Crippen LogP contribution in [0, 0.1) is 0 Å². The molecule has 0 saturated heterocycles. The zero-order chi connectivity index (χ0) is 21.9. The predicted octanol–water partition coefficient (Wildman–Crippen LogP) is 2.89. The summed E-state index contributed by atoms with van der Waals surface area (Å²) in [5.74, 6) is 3.14. The first-order valence-corrected chi connectivity index (χ1v) is 9.98. The SMILES string of the molecule is CN=C(NCC(c1ccc(OC)c(OC)c1)N(C)C)N(C)CCOc1ccccc1. The lowest BCUT2D eigenvalue weighted by Crippen LogP contribution is -2.44. The molecule has 0 aliphatic carbocycles. The van der Waals surface area contributed by atoms with Crippen molar-refractivity contribution in [2.45, 2.75) is 6.04 Å². The van der Waals surface area contributed by atoms with E-state index in [1.54, 1.807) is 21.3 Å². The van der Waals surface area contributed by atoms with E-state index in [4.69, 9.17) is 14.2 Å². The van der Waals surface area contributed by atoms with Gasteiger partial charge in [-0.3, -0.25) is 4.99 Å².